The number of aromatic nitrogens is 3. The minimum atomic E-state index is -0.816. The van der Waals surface area contributed by atoms with E-state index in [9.17, 15) is 19.5 Å². The standard InChI is InChI=1S/C30H38N6O4S/c1-2-15-33-16-9-13-23-24(27(33)38)25-28(39)35(18-7-3-4-8-19-37)26-29(40)34(17-10-14-30(25,26)41-23)20-36-22-12-6-5-11-21(22)31-32-36/h5-6,9-14,23-26,37H,2-4,7-8,15-20H2,1H3/t23-,24+,25+,26?,30+/m1/s1. The third-order valence-electron chi connectivity index (χ3n) is 8.85. The lowest BCUT2D eigenvalue weighted by Crippen LogP contribution is -2.53. The fraction of sp³-hybridized carbons (Fsp3) is 0.567. The van der Waals surface area contributed by atoms with Crippen LogP contribution in [0.4, 0.5) is 0 Å². The van der Waals surface area contributed by atoms with Gasteiger partial charge in [-0.3, -0.25) is 14.4 Å². The third kappa shape index (κ3) is 4.76. The maximum Gasteiger partial charge on any atom is 0.248 e. The van der Waals surface area contributed by atoms with Crippen molar-refractivity contribution in [1.29, 1.82) is 0 Å². The molecule has 0 aliphatic carbocycles. The van der Waals surface area contributed by atoms with Crippen molar-refractivity contribution in [1.82, 2.24) is 29.7 Å². The van der Waals surface area contributed by atoms with Gasteiger partial charge in [0.2, 0.25) is 17.7 Å². The number of rotatable bonds is 10. The van der Waals surface area contributed by atoms with Gasteiger partial charge >= 0.3 is 0 Å². The van der Waals surface area contributed by atoms with Gasteiger partial charge in [-0.2, -0.15) is 0 Å². The Labute approximate surface area is 244 Å². The van der Waals surface area contributed by atoms with Gasteiger partial charge in [0.1, 0.15) is 18.2 Å². The van der Waals surface area contributed by atoms with E-state index < -0.39 is 22.6 Å². The highest BCUT2D eigenvalue weighted by atomic mass is 32.2. The smallest absolute Gasteiger partial charge is 0.248 e. The molecule has 0 radical (unpaired) electrons. The number of carbonyl (C=O) groups excluding carboxylic acids is 3. The summed E-state index contributed by atoms with van der Waals surface area (Å²) in [5, 5.41) is 17.6. The van der Waals surface area contributed by atoms with Gasteiger partial charge in [-0.25, -0.2) is 4.68 Å². The highest BCUT2D eigenvalue weighted by Gasteiger charge is 2.70. The minimum absolute atomic E-state index is 0.0177. The highest BCUT2D eigenvalue weighted by Crippen LogP contribution is 2.61. The van der Waals surface area contributed by atoms with Gasteiger partial charge in [0.05, 0.1) is 22.1 Å². The number of thioether (sulfide) groups is 1. The summed E-state index contributed by atoms with van der Waals surface area (Å²) in [6, 6.07) is 6.95. The first kappa shape index (κ1) is 28.0. The number of carbonyl (C=O) groups is 3. The molecule has 5 atom stereocenters. The van der Waals surface area contributed by atoms with E-state index in [-0.39, 0.29) is 36.2 Å². The van der Waals surface area contributed by atoms with E-state index in [0.29, 0.717) is 26.2 Å². The molecule has 1 N–H and O–H groups in total. The first-order chi connectivity index (χ1) is 20.0. The Morgan fingerprint density at radius 1 is 0.976 bits per heavy atom. The van der Waals surface area contributed by atoms with Crippen molar-refractivity contribution >= 4 is 40.5 Å². The summed E-state index contributed by atoms with van der Waals surface area (Å²) < 4.78 is 0.913. The van der Waals surface area contributed by atoms with Gasteiger partial charge in [0, 0.05) is 38.0 Å². The predicted octanol–water partition coefficient (Wildman–Crippen LogP) is 2.45. The molecule has 10 nitrogen and oxygen atoms in total. The lowest BCUT2D eigenvalue weighted by molar-refractivity contribution is -0.144. The summed E-state index contributed by atoms with van der Waals surface area (Å²) in [5.41, 5.74) is 1.60. The van der Waals surface area contributed by atoms with E-state index in [1.165, 1.54) is 0 Å². The highest BCUT2D eigenvalue weighted by molar-refractivity contribution is 8.02. The molecule has 0 bridgehead atoms. The molecule has 41 heavy (non-hydrogen) atoms. The van der Waals surface area contributed by atoms with Crippen LogP contribution in [0, 0.1) is 11.8 Å². The van der Waals surface area contributed by atoms with Crippen molar-refractivity contribution in [3.05, 3.63) is 48.6 Å². The summed E-state index contributed by atoms with van der Waals surface area (Å²) in [6.07, 6.45) is 12.2. The summed E-state index contributed by atoms with van der Waals surface area (Å²) >= 11 is 1.62. The van der Waals surface area contributed by atoms with E-state index in [0.717, 1.165) is 43.1 Å². The molecule has 1 unspecified atom stereocenters. The average molecular weight is 579 g/mol. The van der Waals surface area contributed by atoms with E-state index in [1.54, 1.807) is 26.2 Å². The second-order valence-corrected chi connectivity index (χ2v) is 12.9. The molecule has 5 heterocycles. The van der Waals surface area contributed by atoms with Crippen molar-refractivity contribution in [2.75, 3.05) is 32.8 Å². The van der Waals surface area contributed by atoms with Crippen LogP contribution in [0.5, 0.6) is 0 Å². The van der Waals surface area contributed by atoms with E-state index in [2.05, 4.69) is 29.4 Å². The van der Waals surface area contributed by atoms with Crippen molar-refractivity contribution in [3.63, 3.8) is 0 Å². The molecule has 2 saturated heterocycles. The van der Waals surface area contributed by atoms with Crippen LogP contribution in [0.25, 0.3) is 11.0 Å². The zero-order valence-corrected chi connectivity index (χ0v) is 24.3. The Kier molecular flexibility index (Phi) is 7.91. The second-order valence-electron chi connectivity index (χ2n) is 11.4. The quantitative estimate of drug-likeness (QED) is 0.341. The number of aliphatic hydroxyl groups is 1. The summed E-state index contributed by atoms with van der Waals surface area (Å²) in [5.74, 6) is -1.29. The Hall–Kier alpha value is -3.18. The minimum Gasteiger partial charge on any atom is -0.396 e. The maximum atomic E-state index is 14.5. The third-order valence-corrected chi connectivity index (χ3v) is 10.6. The van der Waals surface area contributed by atoms with Gasteiger partial charge in [0.15, 0.2) is 0 Å². The van der Waals surface area contributed by atoms with Crippen molar-refractivity contribution in [2.45, 2.75) is 61.7 Å². The molecule has 4 aliphatic rings. The van der Waals surface area contributed by atoms with Crippen molar-refractivity contribution in [2.24, 2.45) is 11.8 Å². The SMILES string of the molecule is CCCN1CC=C[C@H]2S[C@]34C=CCN(Cn5nnc6ccccc65)C(=O)C3N(CCCCCCO)C(=O)[C@@H]4[C@H]2C1=O. The number of fused-ring (bicyclic) bond motifs is 3. The summed E-state index contributed by atoms with van der Waals surface area (Å²) in [4.78, 5) is 48.2. The van der Waals surface area contributed by atoms with Gasteiger partial charge in [0.25, 0.3) is 0 Å². The molecule has 218 valence electrons. The Morgan fingerprint density at radius 2 is 1.78 bits per heavy atom. The predicted molar refractivity (Wildman–Crippen MR) is 157 cm³/mol. The fourth-order valence-electron chi connectivity index (χ4n) is 7.00. The summed E-state index contributed by atoms with van der Waals surface area (Å²) in [6.45, 7) is 4.47. The van der Waals surface area contributed by atoms with Gasteiger partial charge in [-0.15, -0.1) is 16.9 Å². The van der Waals surface area contributed by atoms with Crippen LogP contribution in [-0.2, 0) is 21.1 Å². The number of hydrogen-bond acceptors (Lipinski definition) is 7. The molecule has 2 fully saturated rings. The topological polar surface area (TPSA) is 112 Å². The van der Waals surface area contributed by atoms with Crippen LogP contribution in [0.2, 0.25) is 0 Å². The maximum absolute atomic E-state index is 14.5. The number of benzene rings is 1. The van der Waals surface area contributed by atoms with Crippen LogP contribution in [0.1, 0.15) is 39.0 Å². The molecular weight excluding hydrogens is 540 g/mol. The van der Waals surface area contributed by atoms with Crippen LogP contribution in [-0.4, -0.2) is 101 Å². The monoisotopic (exact) mass is 578 g/mol. The Morgan fingerprint density at radius 3 is 2.61 bits per heavy atom. The van der Waals surface area contributed by atoms with E-state index >= 15 is 0 Å². The van der Waals surface area contributed by atoms with Gasteiger partial charge < -0.3 is 19.8 Å². The first-order valence-corrected chi connectivity index (χ1v) is 15.7. The van der Waals surface area contributed by atoms with Crippen LogP contribution >= 0.6 is 11.8 Å². The zero-order valence-electron chi connectivity index (χ0n) is 23.5. The first-order valence-electron chi connectivity index (χ1n) is 14.8. The molecule has 4 aliphatic heterocycles. The number of likely N-dealkylation sites (tertiary alicyclic amines) is 1. The molecule has 1 aromatic carbocycles. The van der Waals surface area contributed by atoms with E-state index in [1.807, 2.05) is 41.3 Å². The molecule has 0 saturated carbocycles. The number of amides is 3. The number of para-hydroxylation sites is 1. The van der Waals surface area contributed by atoms with Crippen molar-refractivity contribution < 1.29 is 19.5 Å². The number of unbranched alkanes of at least 4 members (excludes halogenated alkanes) is 3. The molecule has 6 rings (SSSR count). The molecular formula is C30H38N6O4S. The normalized spacial score (nSPS) is 29.2. The van der Waals surface area contributed by atoms with Crippen LogP contribution < -0.4 is 0 Å². The second kappa shape index (κ2) is 11.6. The van der Waals surface area contributed by atoms with E-state index in [4.69, 9.17) is 0 Å². The van der Waals surface area contributed by atoms with Gasteiger partial charge in [-0.05, 0) is 31.4 Å². The average Bonchev–Trinajstić information content (AvgIpc) is 3.52. The molecule has 3 amide bonds. The number of nitrogens with zero attached hydrogens (tertiary/aromatic N) is 6. The van der Waals surface area contributed by atoms with Crippen LogP contribution in [0.15, 0.2) is 48.6 Å². The molecule has 1 spiro atoms. The Balaban J connectivity index is 1.35. The largest absolute Gasteiger partial charge is 0.396 e. The number of aliphatic hydroxyl groups excluding tert-OH is 1. The zero-order chi connectivity index (χ0) is 28.6. The lowest BCUT2D eigenvalue weighted by Gasteiger charge is -2.35. The fourth-order valence-corrected chi connectivity index (χ4v) is 9.01. The lowest BCUT2D eigenvalue weighted by atomic mass is 9.78. The molecule has 2 aromatic rings. The molecule has 11 heteroatoms. The van der Waals surface area contributed by atoms with Crippen molar-refractivity contribution in [3.8, 4) is 0 Å². The number of hydrogen-bond donors (Lipinski definition) is 1. The molecule has 1 aromatic heterocycles. The van der Waals surface area contributed by atoms with Gasteiger partial charge in [-0.1, -0.05) is 61.4 Å². The Bertz CT molecular complexity index is 1380. The van der Waals surface area contributed by atoms with Crippen LogP contribution in [0.3, 0.4) is 0 Å². The summed E-state index contributed by atoms with van der Waals surface area (Å²) in [7, 11) is 0.